The lowest BCUT2D eigenvalue weighted by Gasteiger charge is -2.29. The number of nitrogens with zero attached hydrogens (tertiary/aromatic N) is 1. The molecule has 0 bridgehead atoms. The van der Waals surface area contributed by atoms with E-state index in [1.165, 1.54) is 0 Å². The minimum Gasteiger partial charge on any atom is -0.338 e. The maximum absolute atomic E-state index is 11.7. The average molecular weight is 400 g/mol. The molecule has 1 fully saturated rings. The summed E-state index contributed by atoms with van der Waals surface area (Å²) in [5.74, 6) is 0.679. The summed E-state index contributed by atoms with van der Waals surface area (Å²) in [5.41, 5.74) is 1.80. The molecule has 2 rings (SSSR count). The number of rotatable bonds is 5. The van der Waals surface area contributed by atoms with Crippen molar-refractivity contribution in [3.05, 3.63) is 24.3 Å². The quantitative estimate of drug-likeness (QED) is 0.402. The van der Waals surface area contributed by atoms with E-state index in [4.69, 9.17) is 5.41 Å². The van der Waals surface area contributed by atoms with Gasteiger partial charge in [0.15, 0.2) is 0 Å². The number of alkyl halides is 1. The first-order valence-electron chi connectivity index (χ1n) is 7.26. The fraction of sp³-hybridized carbons (Fsp3) is 0.467. The second-order valence-corrected chi connectivity index (χ2v) is 6.10. The Bertz CT molecular complexity index is 489. The van der Waals surface area contributed by atoms with Gasteiger partial charge in [-0.1, -0.05) is 22.6 Å². The molecule has 0 aromatic heterocycles. The first kappa shape index (κ1) is 16.1. The Hall–Kier alpha value is -1.31. The van der Waals surface area contributed by atoms with Crippen LogP contribution in [0, 0.1) is 5.41 Å². The maximum Gasteiger partial charge on any atom is 0.319 e. The van der Waals surface area contributed by atoms with Crippen LogP contribution in [0.3, 0.4) is 0 Å². The van der Waals surface area contributed by atoms with E-state index in [1.807, 2.05) is 29.2 Å². The number of piperidine rings is 1. The van der Waals surface area contributed by atoms with Crippen LogP contribution in [0.5, 0.6) is 0 Å². The average Bonchev–Trinajstić information content (AvgIpc) is 2.49. The number of carbonyl (C=O) groups is 1. The molecule has 1 saturated heterocycles. The number of benzene rings is 1. The van der Waals surface area contributed by atoms with Gasteiger partial charge < -0.3 is 15.5 Å². The van der Waals surface area contributed by atoms with Gasteiger partial charge >= 0.3 is 6.03 Å². The molecule has 0 spiro atoms. The molecule has 1 aliphatic heterocycles. The molecule has 1 aliphatic rings. The van der Waals surface area contributed by atoms with Crippen LogP contribution in [0.15, 0.2) is 24.3 Å². The van der Waals surface area contributed by atoms with Crippen molar-refractivity contribution >= 4 is 45.8 Å². The van der Waals surface area contributed by atoms with Crippen molar-refractivity contribution in [3.8, 4) is 0 Å². The third kappa shape index (κ3) is 4.87. The van der Waals surface area contributed by atoms with Crippen molar-refractivity contribution in [2.45, 2.75) is 25.7 Å². The Morgan fingerprint density at radius 3 is 2.71 bits per heavy atom. The molecule has 1 aromatic rings. The van der Waals surface area contributed by atoms with E-state index in [9.17, 15) is 4.79 Å². The number of halogens is 1. The van der Waals surface area contributed by atoms with Gasteiger partial charge in [-0.3, -0.25) is 5.41 Å². The fourth-order valence-corrected chi connectivity index (χ4v) is 2.67. The molecule has 1 aromatic carbocycles. The highest BCUT2D eigenvalue weighted by molar-refractivity contribution is 14.1. The van der Waals surface area contributed by atoms with Crippen molar-refractivity contribution in [2.75, 3.05) is 27.7 Å². The number of urea groups is 1. The molecule has 114 valence electrons. The summed E-state index contributed by atoms with van der Waals surface area (Å²) in [6, 6.07) is 7.52. The van der Waals surface area contributed by atoms with Crippen molar-refractivity contribution in [1.29, 1.82) is 5.41 Å². The summed E-state index contributed by atoms with van der Waals surface area (Å²) in [7, 11) is 0. The van der Waals surface area contributed by atoms with Crippen LogP contribution in [0.2, 0.25) is 0 Å². The van der Waals surface area contributed by atoms with Crippen molar-refractivity contribution in [2.24, 2.45) is 0 Å². The van der Waals surface area contributed by atoms with E-state index in [0.29, 0.717) is 12.4 Å². The van der Waals surface area contributed by atoms with Gasteiger partial charge in [-0.05, 0) is 43.5 Å². The lowest BCUT2D eigenvalue weighted by molar-refractivity contribution is 0.252. The van der Waals surface area contributed by atoms with E-state index < -0.39 is 0 Å². The lowest BCUT2D eigenvalue weighted by Crippen LogP contribution is -2.34. The standard InChI is InChI=1S/C15H21IN4O/c16-9-3-10-18-15(21)19-12-5-7-13(8-6-12)20-11-2-1-4-14(20)17/h5-8,17H,1-4,9-11H2,(H2,18,19,21). The van der Waals surface area contributed by atoms with Gasteiger partial charge in [-0.2, -0.15) is 0 Å². The van der Waals surface area contributed by atoms with Gasteiger partial charge in [0.2, 0.25) is 0 Å². The van der Waals surface area contributed by atoms with Gasteiger partial charge in [-0.15, -0.1) is 0 Å². The van der Waals surface area contributed by atoms with E-state index in [-0.39, 0.29) is 6.03 Å². The molecule has 2 amide bonds. The summed E-state index contributed by atoms with van der Waals surface area (Å²) < 4.78 is 1.04. The van der Waals surface area contributed by atoms with E-state index in [2.05, 4.69) is 33.2 Å². The van der Waals surface area contributed by atoms with Gasteiger partial charge in [0.1, 0.15) is 5.84 Å². The Balaban J connectivity index is 1.89. The maximum atomic E-state index is 11.7. The van der Waals surface area contributed by atoms with Gasteiger partial charge in [0.05, 0.1) is 0 Å². The van der Waals surface area contributed by atoms with Crippen molar-refractivity contribution < 1.29 is 4.79 Å². The zero-order valence-corrected chi connectivity index (χ0v) is 14.2. The highest BCUT2D eigenvalue weighted by Crippen LogP contribution is 2.22. The monoisotopic (exact) mass is 400 g/mol. The van der Waals surface area contributed by atoms with Crippen LogP contribution in [0.25, 0.3) is 0 Å². The number of anilines is 2. The summed E-state index contributed by atoms with van der Waals surface area (Å²) >= 11 is 2.29. The molecular weight excluding hydrogens is 379 g/mol. The number of carbonyl (C=O) groups excluding carboxylic acids is 1. The van der Waals surface area contributed by atoms with Crippen molar-refractivity contribution in [1.82, 2.24) is 5.32 Å². The summed E-state index contributed by atoms with van der Waals surface area (Å²) in [4.78, 5) is 13.7. The smallest absolute Gasteiger partial charge is 0.319 e. The number of amides is 2. The molecule has 0 unspecified atom stereocenters. The molecule has 0 atom stereocenters. The molecule has 0 radical (unpaired) electrons. The second-order valence-electron chi connectivity index (χ2n) is 5.03. The molecule has 1 heterocycles. The van der Waals surface area contributed by atoms with Crippen LogP contribution < -0.4 is 15.5 Å². The molecule has 21 heavy (non-hydrogen) atoms. The third-order valence-corrected chi connectivity index (χ3v) is 4.17. The van der Waals surface area contributed by atoms with Gasteiger partial charge in [0.25, 0.3) is 0 Å². The zero-order valence-electron chi connectivity index (χ0n) is 12.0. The molecule has 5 nitrogen and oxygen atoms in total. The van der Waals surface area contributed by atoms with Crippen LogP contribution in [0.1, 0.15) is 25.7 Å². The molecule has 6 heteroatoms. The Morgan fingerprint density at radius 1 is 1.29 bits per heavy atom. The number of nitrogens with one attached hydrogen (secondary N) is 3. The van der Waals surface area contributed by atoms with Crippen molar-refractivity contribution in [3.63, 3.8) is 0 Å². The summed E-state index contributed by atoms with van der Waals surface area (Å²) in [5, 5.41) is 13.6. The largest absolute Gasteiger partial charge is 0.338 e. The van der Waals surface area contributed by atoms with Gasteiger partial charge in [0, 0.05) is 35.3 Å². The Labute approximate surface area is 139 Å². The number of amidine groups is 1. The minimum absolute atomic E-state index is 0.168. The molecule has 0 saturated carbocycles. The predicted octanol–water partition coefficient (Wildman–Crippen LogP) is 3.60. The van der Waals surface area contributed by atoms with E-state index in [1.54, 1.807) is 0 Å². The van der Waals surface area contributed by atoms with E-state index >= 15 is 0 Å². The zero-order chi connectivity index (χ0) is 15.1. The normalized spacial score (nSPS) is 14.9. The highest BCUT2D eigenvalue weighted by atomic mass is 127. The van der Waals surface area contributed by atoms with Crippen LogP contribution >= 0.6 is 22.6 Å². The highest BCUT2D eigenvalue weighted by Gasteiger charge is 2.16. The summed E-state index contributed by atoms with van der Waals surface area (Å²) in [6.07, 6.45) is 4.05. The molecule has 0 aliphatic carbocycles. The summed E-state index contributed by atoms with van der Waals surface area (Å²) in [6.45, 7) is 1.60. The predicted molar refractivity (Wildman–Crippen MR) is 95.9 cm³/mol. The Kier molecular flexibility index (Phi) is 6.28. The third-order valence-electron chi connectivity index (χ3n) is 3.40. The molecular formula is C15H21IN4O. The first-order valence-corrected chi connectivity index (χ1v) is 8.79. The molecule has 3 N–H and O–H groups in total. The fourth-order valence-electron chi connectivity index (χ4n) is 2.29. The first-order chi connectivity index (χ1) is 10.2. The Morgan fingerprint density at radius 2 is 2.05 bits per heavy atom. The van der Waals surface area contributed by atoms with Crippen LogP contribution in [-0.2, 0) is 0 Å². The minimum atomic E-state index is -0.168. The number of hydrogen-bond donors (Lipinski definition) is 3. The number of hydrogen-bond acceptors (Lipinski definition) is 2. The second kappa shape index (κ2) is 8.21. The van der Waals surface area contributed by atoms with E-state index in [0.717, 1.165) is 48.0 Å². The van der Waals surface area contributed by atoms with Crippen LogP contribution in [0.4, 0.5) is 16.2 Å². The lowest BCUT2D eigenvalue weighted by atomic mass is 10.1. The SMILES string of the molecule is N=C1CCCCN1c1ccc(NC(=O)NCCCI)cc1. The topological polar surface area (TPSA) is 68.2 Å². The van der Waals surface area contributed by atoms with Crippen LogP contribution in [-0.4, -0.2) is 29.4 Å². The van der Waals surface area contributed by atoms with Gasteiger partial charge in [-0.25, -0.2) is 4.79 Å².